The summed E-state index contributed by atoms with van der Waals surface area (Å²) < 4.78 is 29.3. The Morgan fingerprint density at radius 3 is 2.02 bits per heavy atom. The second-order valence-corrected chi connectivity index (χ2v) is 14.2. The van der Waals surface area contributed by atoms with Crippen LogP contribution in [0.4, 0.5) is 5.69 Å². The number of carbonyl (C=O) groups is 2. The van der Waals surface area contributed by atoms with Crippen molar-refractivity contribution in [3.63, 3.8) is 0 Å². The summed E-state index contributed by atoms with van der Waals surface area (Å²) in [6, 6.07) is 25.7. The van der Waals surface area contributed by atoms with Crippen LogP contribution in [0.25, 0.3) is 0 Å². The Morgan fingerprint density at radius 2 is 1.43 bits per heavy atom. The van der Waals surface area contributed by atoms with Crippen LogP contribution >= 0.6 is 34.8 Å². The Bertz CT molecular complexity index is 1730. The van der Waals surface area contributed by atoms with E-state index in [1.165, 1.54) is 29.2 Å². The normalized spacial score (nSPS) is 12.7. The second kappa shape index (κ2) is 15.8. The molecule has 2 atom stereocenters. The highest BCUT2D eigenvalue weighted by Gasteiger charge is 2.35. The molecule has 0 bridgehead atoms. The molecule has 242 valence electrons. The van der Waals surface area contributed by atoms with Crippen LogP contribution < -0.4 is 9.62 Å². The van der Waals surface area contributed by atoms with E-state index in [4.69, 9.17) is 34.8 Å². The van der Waals surface area contributed by atoms with Gasteiger partial charge in [0.15, 0.2) is 0 Å². The molecule has 0 fully saturated rings. The van der Waals surface area contributed by atoms with Gasteiger partial charge in [0.2, 0.25) is 11.8 Å². The number of hydrogen-bond acceptors (Lipinski definition) is 4. The first-order valence-corrected chi connectivity index (χ1v) is 17.4. The zero-order chi connectivity index (χ0) is 33.4. The molecular formula is C35H36Cl3N3O4S. The van der Waals surface area contributed by atoms with E-state index in [9.17, 15) is 18.0 Å². The number of rotatable bonds is 13. The SMILES string of the molecule is CC[C@H](C)NC(=O)[C@@H](Cc1ccccc1)N(Cc1c(Cl)cccc1Cl)C(=O)CN(c1ccc(Cl)cc1)S(=O)(=O)c1ccc(C)cc1. The van der Waals surface area contributed by atoms with Gasteiger partial charge in [0.05, 0.1) is 10.6 Å². The molecule has 2 amide bonds. The topological polar surface area (TPSA) is 86.8 Å². The van der Waals surface area contributed by atoms with Crippen LogP contribution in [0.5, 0.6) is 0 Å². The Morgan fingerprint density at radius 1 is 0.826 bits per heavy atom. The molecule has 0 spiro atoms. The number of nitrogens with one attached hydrogen (secondary N) is 1. The summed E-state index contributed by atoms with van der Waals surface area (Å²) in [5, 5.41) is 4.04. The lowest BCUT2D eigenvalue weighted by Gasteiger charge is -2.34. The average molecular weight is 701 g/mol. The molecule has 4 aromatic rings. The van der Waals surface area contributed by atoms with Crippen LogP contribution in [0.15, 0.2) is 102 Å². The first-order valence-electron chi connectivity index (χ1n) is 14.8. The van der Waals surface area contributed by atoms with E-state index in [1.807, 2.05) is 51.1 Å². The second-order valence-electron chi connectivity index (χ2n) is 11.0. The number of nitrogens with zero attached hydrogens (tertiary/aromatic N) is 2. The fourth-order valence-corrected chi connectivity index (χ4v) is 6.88. The third-order valence-corrected chi connectivity index (χ3v) is 10.4. The van der Waals surface area contributed by atoms with Crippen LogP contribution in [-0.4, -0.2) is 43.8 Å². The third-order valence-electron chi connectivity index (χ3n) is 7.66. The molecule has 0 aliphatic rings. The number of halogens is 3. The number of aryl methyl sites for hydroxylation is 1. The molecule has 1 N–H and O–H groups in total. The zero-order valence-corrected chi connectivity index (χ0v) is 28.9. The van der Waals surface area contributed by atoms with E-state index in [1.54, 1.807) is 42.5 Å². The highest BCUT2D eigenvalue weighted by Crippen LogP contribution is 2.29. The lowest BCUT2D eigenvalue weighted by molar-refractivity contribution is -0.140. The molecule has 0 saturated carbocycles. The Balaban J connectivity index is 1.84. The monoisotopic (exact) mass is 699 g/mol. The van der Waals surface area contributed by atoms with Crippen molar-refractivity contribution in [2.45, 2.75) is 57.1 Å². The van der Waals surface area contributed by atoms with Gasteiger partial charge in [0, 0.05) is 39.6 Å². The summed E-state index contributed by atoms with van der Waals surface area (Å²) in [5.41, 5.74) is 2.37. The van der Waals surface area contributed by atoms with Crippen molar-refractivity contribution in [3.05, 3.63) is 129 Å². The van der Waals surface area contributed by atoms with Gasteiger partial charge in [-0.05, 0) is 74.4 Å². The number of carbonyl (C=O) groups excluding carboxylic acids is 2. The predicted octanol–water partition coefficient (Wildman–Crippen LogP) is 7.71. The number of benzene rings is 4. The quantitative estimate of drug-likeness (QED) is 0.155. The first-order chi connectivity index (χ1) is 21.9. The van der Waals surface area contributed by atoms with Crippen LogP contribution in [0, 0.1) is 6.92 Å². The molecule has 0 saturated heterocycles. The Labute approximate surface area is 286 Å². The van der Waals surface area contributed by atoms with Crippen LogP contribution in [0.2, 0.25) is 15.1 Å². The molecule has 0 heterocycles. The van der Waals surface area contributed by atoms with Gasteiger partial charge in [-0.1, -0.05) is 95.8 Å². The largest absolute Gasteiger partial charge is 0.352 e. The van der Waals surface area contributed by atoms with Crippen molar-refractivity contribution in [2.24, 2.45) is 0 Å². The van der Waals surface area contributed by atoms with Crippen molar-refractivity contribution in [1.82, 2.24) is 10.2 Å². The number of amides is 2. The maximum atomic E-state index is 14.6. The third kappa shape index (κ3) is 8.82. The van der Waals surface area contributed by atoms with Crippen LogP contribution in [-0.2, 0) is 32.6 Å². The van der Waals surface area contributed by atoms with Crippen molar-refractivity contribution in [2.75, 3.05) is 10.8 Å². The smallest absolute Gasteiger partial charge is 0.264 e. The fourth-order valence-electron chi connectivity index (χ4n) is 4.82. The van der Waals surface area contributed by atoms with Gasteiger partial charge >= 0.3 is 0 Å². The predicted molar refractivity (Wildman–Crippen MR) is 186 cm³/mol. The van der Waals surface area contributed by atoms with E-state index in [0.717, 1.165) is 15.4 Å². The van der Waals surface area contributed by atoms with Gasteiger partial charge in [0.1, 0.15) is 12.6 Å². The summed E-state index contributed by atoms with van der Waals surface area (Å²) in [5.74, 6) is -1.00. The van der Waals surface area contributed by atoms with E-state index >= 15 is 0 Å². The summed E-state index contributed by atoms with van der Waals surface area (Å²) in [6.45, 7) is 4.93. The molecule has 0 aliphatic carbocycles. The van der Waals surface area contributed by atoms with Crippen molar-refractivity contribution in [1.29, 1.82) is 0 Å². The molecule has 11 heteroatoms. The van der Waals surface area contributed by atoms with Gasteiger partial charge in [-0.15, -0.1) is 0 Å². The molecule has 4 aromatic carbocycles. The van der Waals surface area contributed by atoms with E-state index < -0.39 is 28.5 Å². The lowest BCUT2D eigenvalue weighted by Crippen LogP contribution is -2.54. The molecule has 46 heavy (non-hydrogen) atoms. The molecule has 0 unspecified atom stereocenters. The summed E-state index contributed by atoms with van der Waals surface area (Å²) in [7, 11) is -4.24. The average Bonchev–Trinajstić information content (AvgIpc) is 3.03. The van der Waals surface area contributed by atoms with Gasteiger partial charge in [-0.3, -0.25) is 13.9 Å². The summed E-state index contributed by atoms with van der Waals surface area (Å²) in [6.07, 6.45) is 0.843. The van der Waals surface area contributed by atoms with E-state index in [2.05, 4.69) is 5.32 Å². The number of hydrogen-bond donors (Lipinski definition) is 1. The minimum absolute atomic E-state index is 0.0110. The number of sulfonamides is 1. The molecule has 0 aliphatic heterocycles. The van der Waals surface area contributed by atoms with Gasteiger partial charge in [-0.25, -0.2) is 8.42 Å². The highest BCUT2D eigenvalue weighted by molar-refractivity contribution is 7.92. The highest BCUT2D eigenvalue weighted by atomic mass is 35.5. The van der Waals surface area contributed by atoms with Crippen LogP contribution in [0.3, 0.4) is 0 Å². The van der Waals surface area contributed by atoms with E-state index in [-0.39, 0.29) is 35.5 Å². The minimum Gasteiger partial charge on any atom is -0.352 e. The van der Waals surface area contributed by atoms with Crippen molar-refractivity contribution < 1.29 is 18.0 Å². The maximum Gasteiger partial charge on any atom is 0.264 e. The molecule has 0 aromatic heterocycles. The minimum atomic E-state index is -4.24. The lowest BCUT2D eigenvalue weighted by atomic mass is 10.0. The van der Waals surface area contributed by atoms with Gasteiger partial charge < -0.3 is 10.2 Å². The van der Waals surface area contributed by atoms with Crippen LogP contribution in [0.1, 0.15) is 37.0 Å². The zero-order valence-electron chi connectivity index (χ0n) is 25.8. The standard InChI is InChI=1S/C35H36Cl3N3O4S/c1-4-25(3)39-35(43)33(21-26-9-6-5-7-10-26)40(22-30-31(37)11-8-12-32(30)38)34(42)23-41(28-17-15-27(36)16-18-28)46(44,45)29-19-13-24(2)14-20-29/h5-20,25,33H,4,21-23H2,1-3H3,(H,39,43)/t25-,33+/m0/s1. The number of anilines is 1. The molecule has 4 rings (SSSR count). The van der Waals surface area contributed by atoms with Crippen molar-refractivity contribution in [3.8, 4) is 0 Å². The maximum absolute atomic E-state index is 14.6. The molecule has 0 radical (unpaired) electrons. The van der Waals surface area contributed by atoms with E-state index in [0.29, 0.717) is 27.1 Å². The van der Waals surface area contributed by atoms with Gasteiger partial charge in [-0.2, -0.15) is 0 Å². The molecule has 7 nitrogen and oxygen atoms in total. The Hall–Kier alpha value is -3.56. The van der Waals surface area contributed by atoms with Crippen molar-refractivity contribution >= 4 is 62.3 Å². The summed E-state index contributed by atoms with van der Waals surface area (Å²) in [4.78, 5) is 29.9. The molecular weight excluding hydrogens is 665 g/mol. The summed E-state index contributed by atoms with van der Waals surface area (Å²) >= 11 is 19.3. The van der Waals surface area contributed by atoms with Gasteiger partial charge in [0.25, 0.3) is 10.0 Å². The fraction of sp³-hybridized carbons (Fsp3) is 0.257. The first kappa shape index (κ1) is 35.3. The Kier molecular flexibility index (Phi) is 12.1.